The first-order valence-electron chi connectivity index (χ1n) is 5.27. The zero-order valence-corrected chi connectivity index (χ0v) is 8.59. The first-order chi connectivity index (χ1) is 6.81. The van der Waals surface area contributed by atoms with Crippen LogP contribution in [0.2, 0.25) is 0 Å². The molecule has 1 aromatic carbocycles. The van der Waals surface area contributed by atoms with E-state index in [1.165, 1.54) is 29.5 Å². The van der Waals surface area contributed by atoms with Crippen molar-refractivity contribution in [2.45, 2.75) is 38.5 Å². The van der Waals surface area contributed by atoms with Crippen LogP contribution in [-0.4, -0.2) is 0 Å². The first kappa shape index (κ1) is 9.27. The van der Waals surface area contributed by atoms with E-state index in [-0.39, 0.29) is 0 Å². The normalized spacial score (nSPS) is 19.0. The minimum Gasteiger partial charge on any atom is -0.198 e. The molecule has 0 N–H and O–H groups in total. The van der Waals surface area contributed by atoms with E-state index >= 15 is 0 Å². The molecule has 0 aliphatic heterocycles. The summed E-state index contributed by atoms with van der Waals surface area (Å²) in [6.45, 7) is 2.14. The average Bonchev–Trinajstić information content (AvgIpc) is 2.57. The van der Waals surface area contributed by atoms with E-state index in [9.17, 15) is 0 Å². The standard InChI is InChI=1S/C13H15N/c1-10-4-5-12-7-6-11(3-2-8-14)13(12)9-10/h4-5,9,11H,2-3,6-7H2,1H3. The minimum absolute atomic E-state index is 0.643. The Kier molecular flexibility index (Phi) is 2.54. The van der Waals surface area contributed by atoms with Gasteiger partial charge in [-0.1, -0.05) is 23.8 Å². The first-order valence-corrected chi connectivity index (χ1v) is 5.27. The van der Waals surface area contributed by atoms with Crippen LogP contribution >= 0.6 is 0 Å². The van der Waals surface area contributed by atoms with Crippen molar-refractivity contribution in [2.24, 2.45) is 0 Å². The second-order valence-corrected chi connectivity index (χ2v) is 4.13. The summed E-state index contributed by atoms with van der Waals surface area (Å²) in [5.41, 5.74) is 4.34. The summed E-state index contributed by atoms with van der Waals surface area (Å²) in [7, 11) is 0. The Morgan fingerprint density at radius 3 is 3.14 bits per heavy atom. The van der Waals surface area contributed by atoms with Crippen molar-refractivity contribution in [1.29, 1.82) is 5.26 Å². The highest BCUT2D eigenvalue weighted by Gasteiger charge is 2.21. The zero-order chi connectivity index (χ0) is 9.97. The van der Waals surface area contributed by atoms with E-state index in [1.54, 1.807) is 0 Å². The summed E-state index contributed by atoms with van der Waals surface area (Å²) in [4.78, 5) is 0. The van der Waals surface area contributed by atoms with Crippen LogP contribution in [0, 0.1) is 18.3 Å². The number of aryl methyl sites for hydroxylation is 2. The highest BCUT2D eigenvalue weighted by Crippen LogP contribution is 2.36. The van der Waals surface area contributed by atoms with Gasteiger partial charge in [0.05, 0.1) is 6.07 Å². The molecule has 72 valence electrons. The molecule has 0 heterocycles. The minimum atomic E-state index is 0.643. The quantitative estimate of drug-likeness (QED) is 0.693. The maximum Gasteiger partial charge on any atom is 0.0621 e. The molecule has 1 atom stereocenters. The van der Waals surface area contributed by atoms with Crippen molar-refractivity contribution >= 4 is 0 Å². The maximum atomic E-state index is 8.58. The molecular formula is C13H15N. The molecule has 1 unspecified atom stereocenters. The smallest absolute Gasteiger partial charge is 0.0621 e. The summed E-state index contributed by atoms with van der Waals surface area (Å²) in [6.07, 6.45) is 4.16. The average molecular weight is 185 g/mol. The number of nitriles is 1. The van der Waals surface area contributed by atoms with E-state index in [0.717, 1.165) is 6.42 Å². The van der Waals surface area contributed by atoms with E-state index < -0.39 is 0 Å². The molecule has 0 saturated carbocycles. The number of nitrogens with zero attached hydrogens (tertiary/aromatic N) is 1. The number of benzene rings is 1. The summed E-state index contributed by atoms with van der Waals surface area (Å²) in [6, 6.07) is 8.97. The summed E-state index contributed by atoms with van der Waals surface area (Å²) >= 11 is 0. The van der Waals surface area contributed by atoms with E-state index in [0.29, 0.717) is 12.3 Å². The number of hydrogen-bond donors (Lipinski definition) is 0. The fourth-order valence-corrected chi connectivity index (χ4v) is 2.35. The topological polar surface area (TPSA) is 23.8 Å². The van der Waals surface area contributed by atoms with Crippen molar-refractivity contribution in [3.63, 3.8) is 0 Å². The second kappa shape index (κ2) is 3.84. The van der Waals surface area contributed by atoms with Crippen molar-refractivity contribution in [2.75, 3.05) is 0 Å². The third-order valence-electron chi connectivity index (χ3n) is 3.11. The third-order valence-corrected chi connectivity index (χ3v) is 3.11. The van der Waals surface area contributed by atoms with Crippen LogP contribution in [-0.2, 0) is 6.42 Å². The van der Waals surface area contributed by atoms with Crippen LogP contribution < -0.4 is 0 Å². The number of hydrogen-bond acceptors (Lipinski definition) is 1. The summed E-state index contributed by atoms with van der Waals surface area (Å²) in [5.74, 6) is 0.643. The van der Waals surface area contributed by atoms with Gasteiger partial charge in [0.15, 0.2) is 0 Å². The molecule has 0 fully saturated rings. The molecule has 0 amide bonds. The monoisotopic (exact) mass is 185 g/mol. The number of rotatable bonds is 2. The molecule has 1 nitrogen and oxygen atoms in total. The van der Waals surface area contributed by atoms with Gasteiger partial charge in [0.1, 0.15) is 0 Å². The molecule has 2 rings (SSSR count). The molecule has 1 aromatic rings. The summed E-state index contributed by atoms with van der Waals surface area (Å²) < 4.78 is 0. The van der Waals surface area contributed by atoms with Crippen LogP contribution in [0.5, 0.6) is 0 Å². The highest BCUT2D eigenvalue weighted by molar-refractivity contribution is 5.37. The van der Waals surface area contributed by atoms with Gasteiger partial charge in [-0.15, -0.1) is 0 Å². The molecule has 1 aliphatic rings. The predicted molar refractivity (Wildman–Crippen MR) is 57.1 cm³/mol. The Bertz CT molecular complexity index is 373. The van der Waals surface area contributed by atoms with E-state index in [1.807, 2.05) is 0 Å². The lowest BCUT2D eigenvalue weighted by Gasteiger charge is -2.09. The van der Waals surface area contributed by atoms with Crippen molar-refractivity contribution in [1.82, 2.24) is 0 Å². The Morgan fingerprint density at radius 2 is 2.36 bits per heavy atom. The Hall–Kier alpha value is -1.29. The number of fused-ring (bicyclic) bond motifs is 1. The molecule has 0 aromatic heterocycles. The molecule has 0 radical (unpaired) electrons. The lowest BCUT2D eigenvalue weighted by Crippen LogP contribution is -1.93. The van der Waals surface area contributed by atoms with Crippen LogP contribution in [0.25, 0.3) is 0 Å². The van der Waals surface area contributed by atoms with Gasteiger partial charge < -0.3 is 0 Å². The van der Waals surface area contributed by atoms with Crippen LogP contribution in [0.4, 0.5) is 0 Å². The Balaban J connectivity index is 2.21. The molecule has 0 spiro atoms. The maximum absolute atomic E-state index is 8.58. The molecule has 1 aliphatic carbocycles. The van der Waals surface area contributed by atoms with Crippen LogP contribution in [0.15, 0.2) is 18.2 Å². The highest BCUT2D eigenvalue weighted by atomic mass is 14.3. The van der Waals surface area contributed by atoms with Gasteiger partial charge in [-0.25, -0.2) is 0 Å². The molecule has 14 heavy (non-hydrogen) atoms. The lowest BCUT2D eigenvalue weighted by atomic mass is 9.95. The molecule has 0 saturated heterocycles. The van der Waals surface area contributed by atoms with Gasteiger partial charge in [0.25, 0.3) is 0 Å². The van der Waals surface area contributed by atoms with Gasteiger partial charge in [-0.2, -0.15) is 5.26 Å². The molecule has 0 bridgehead atoms. The van der Waals surface area contributed by atoms with Crippen molar-refractivity contribution < 1.29 is 0 Å². The molecular weight excluding hydrogens is 170 g/mol. The SMILES string of the molecule is Cc1ccc2c(c1)C(CCC#N)CC2. The van der Waals surface area contributed by atoms with Crippen LogP contribution in [0.3, 0.4) is 0 Å². The Labute approximate surface area is 85.4 Å². The van der Waals surface area contributed by atoms with Gasteiger partial charge >= 0.3 is 0 Å². The summed E-state index contributed by atoms with van der Waals surface area (Å²) in [5, 5.41) is 8.58. The van der Waals surface area contributed by atoms with Gasteiger partial charge in [-0.05, 0) is 43.2 Å². The fraction of sp³-hybridized carbons (Fsp3) is 0.462. The Morgan fingerprint density at radius 1 is 1.50 bits per heavy atom. The van der Waals surface area contributed by atoms with Crippen molar-refractivity contribution in [3.05, 3.63) is 34.9 Å². The zero-order valence-electron chi connectivity index (χ0n) is 8.59. The van der Waals surface area contributed by atoms with Gasteiger partial charge in [0.2, 0.25) is 0 Å². The van der Waals surface area contributed by atoms with Crippen LogP contribution in [0.1, 0.15) is 41.9 Å². The van der Waals surface area contributed by atoms with Crippen molar-refractivity contribution in [3.8, 4) is 6.07 Å². The van der Waals surface area contributed by atoms with Gasteiger partial charge in [0, 0.05) is 6.42 Å². The second-order valence-electron chi connectivity index (χ2n) is 4.13. The fourth-order valence-electron chi connectivity index (χ4n) is 2.35. The predicted octanol–water partition coefficient (Wildman–Crippen LogP) is 3.33. The van der Waals surface area contributed by atoms with Gasteiger partial charge in [-0.3, -0.25) is 0 Å². The lowest BCUT2D eigenvalue weighted by molar-refractivity contribution is 0.629. The molecule has 1 heteroatoms. The van der Waals surface area contributed by atoms with E-state index in [4.69, 9.17) is 5.26 Å². The van der Waals surface area contributed by atoms with E-state index in [2.05, 4.69) is 31.2 Å². The third kappa shape index (κ3) is 1.65. The largest absolute Gasteiger partial charge is 0.198 e.